The van der Waals surface area contributed by atoms with Crippen LogP contribution in [-0.2, 0) is 19.7 Å². The van der Waals surface area contributed by atoms with Gasteiger partial charge in [0.25, 0.3) is 0 Å². The first-order valence-electron chi connectivity index (χ1n) is 2.21. The lowest BCUT2D eigenvalue weighted by atomic mass is 11.0. The maximum atomic E-state index is 10.4. The molecule has 0 spiro atoms. The minimum absolute atomic E-state index is 0.00715. The van der Waals surface area contributed by atoms with Gasteiger partial charge in [0, 0.05) is 0 Å². The molecule has 0 aromatic heterocycles. The van der Waals surface area contributed by atoms with Crippen LogP contribution in [0.15, 0.2) is 0 Å². The predicted molar refractivity (Wildman–Crippen MR) is 29.7 cm³/mol. The van der Waals surface area contributed by atoms with Crippen LogP contribution in [0.3, 0.4) is 0 Å². The molecule has 1 N–H and O–H groups in total. The first-order valence-corrected chi connectivity index (χ1v) is 3.86. The van der Waals surface area contributed by atoms with Gasteiger partial charge < -0.3 is 4.84 Å². The second-order valence-electron chi connectivity index (χ2n) is 1.20. The molecule has 0 aliphatic heterocycles. The van der Waals surface area contributed by atoms with Crippen molar-refractivity contribution in [2.45, 2.75) is 6.92 Å². The largest absolute Gasteiger partial charge is 0.359 e. The molecule has 54 valence electrons. The van der Waals surface area contributed by atoms with E-state index >= 15 is 0 Å². The predicted octanol–water partition coefficient (Wildman–Crippen LogP) is -0.986. The maximum absolute atomic E-state index is 10.4. The molecule has 0 rings (SSSR count). The van der Waals surface area contributed by atoms with E-state index < -0.39 is 10.0 Å². The number of rotatable bonds is 4. The molecule has 0 saturated heterocycles. The monoisotopic (exact) mass is 153 g/mol. The third-order valence-electron chi connectivity index (χ3n) is 0.603. The van der Waals surface area contributed by atoms with Crippen molar-refractivity contribution >= 4 is 16.5 Å². The van der Waals surface area contributed by atoms with Crippen molar-refractivity contribution < 1.29 is 18.0 Å². The molecule has 9 heavy (non-hydrogen) atoms. The summed E-state index contributed by atoms with van der Waals surface area (Å²) in [5, 5.41) is 0. The van der Waals surface area contributed by atoms with Crippen LogP contribution in [0.25, 0.3) is 0 Å². The number of hydrogen-bond donors (Lipinski definition) is 1. The van der Waals surface area contributed by atoms with Crippen molar-refractivity contribution in [3.63, 3.8) is 0 Å². The van der Waals surface area contributed by atoms with Crippen LogP contribution >= 0.6 is 0 Å². The Balaban J connectivity index is 3.74. The average Bonchev–Trinajstić information content (AvgIpc) is 1.84. The fourth-order valence-electron chi connectivity index (χ4n) is 0.152. The average molecular weight is 153 g/mol. The highest BCUT2D eigenvalue weighted by atomic mass is 32.2. The molecule has 5 nitrogen and oxygen atoms in total. The van der Waals surface area contributed by atoms with E-state index in [0.29, 0.717) is 0 Å². The van der Waals surface area contributed by atoms with Gasteiger partial charge >= 0.3 is 6.47 Å². The van der Waals surface area contributed by atoms with Crippen LogP contribution in [0.4, 0.5) is 0 Å². The van der Waals surface area contributed by atoms with E-state index in [1.807, 2.05) is 0 Å². The molecule has 0 amide bonds. The molecule has 0 aliphatic rings. The number of sulfonamides is 1. The highest BCUT2D eigenvalue weighted by molar-refractivity contribution is 7.89. The van der Waals surface area contributed by atoms with Crippen molar-refractivity contribution in [2.75, 3.05) is 5.75 Å². The van der Waals surface area contributed by atoms with E-state index in [-0.39, 0.29) is 12.2 Å². The van der Waals surface area contributed by atoms with Crippen LogP contribution < -0.4 is 4.89 Å². The van der Waals surface area contributed by atoms with Gasteiger partial charge in [-0.05, 0) is 11.8 Å². The quantitative estimate of drug-likeness (QED) is 0.416. The van der Waals surface area contributed by atoms with Crippen molar-refractivity contribution in [3.8, 4) is 0 Å². The minimum atomic E-state index is -3.39. The van der Waals surface area contributed by atoms with Gasteiger partial charge in [-0.1, -0.05) is 0 Å². The van der Waals surface area contributed by atoms with Gasteiger partial charge in [0.2, 0.25) is 10.0 Å². The summed E-state index contributed by atoms with van der Waals surface area (Å²) in [6, 6.07) is 0. The van der Waals surface area contributed by atoms with E-state index in [4.69, 9.17) is 0 Å². The maximum Gasteiger partial charge on any atom is 0.314 e. The Bertz CT molecular complexity index is 172. The zero-order valence-electron chi connectivity index (χ0n) is 4.83. The Kier molecular flexibility index (Phi) is 3.18. The molecule has 0 aromatic rings. The van der Waals surface area contributed by atoms with E-state index in [0.717, 1.165) is 0 Å². The summed E-state index contributed by atoms with van der Waals surface area (Å²) in [5.74, 6) is -0.110. The summed E-state index contributed by atoms with van der Waals surface area (Å²) < 4.78 is 20.7. The van der Waals surface area contributed by atoms with E-state index in [2.05, 4.69) is 4.84 Å². The Hall–Kier alpha value is -0.620. The van der Waals surface area contributed by atoms with Crippen molar-refractivity contribution in [3.05, 3.63) is 0 Å². The molecule has 0 radical (unpaired) electrons. The van der Waals surface area contributed by atoms with Crippen LogP contribution in [0.5, 0.6) is 0 Å². The molecule has 0 bridgehead atoms. The summed E-state index contributed by atoms with van der Waals surface area (Å²) >= 11 is 0. The van der Waals surface area contributed by atoms with Crippen molar-refractivity contribution in [2.24, 2.45) is 0 Å². The first-order chi connectivity index (χ1) is 4.12. The Labute approximate surface area is 53.0 Å². The van der Waals surface area contributed by atoms with Gasteiger partial charge in [-0.2, -0.15) is 0 Å². The zero-order chi connectivity index (χ0) is 7.33. The van der Waals surface area contributed by atoms with Crippen LogP contribution in [0, 0.1) is 0 Å². The summed E-state index contributed by atoms with van der Waals surface area (Å²) in [6.45, 7) is 1.43. The van der Waals surface area contributed by atoms with Gasteiger partial charge in [-0.15, -0.1) is 0 Å². The lowest BCUT2D eigenvalue weighted by Gasteiger charge is -1.97. The highest BCUT2D eigenvalue weighted by Gasteiger charge is 2.03. The van der Waals surface area contributed by atoms with E-state index in [1.54, 1.807) is 4.89 Å². The summed E-state index contributed by atoms with van der Waals surface area (Å²) in [6.07, 6.45) is 0. The van der Waals surface area contributed by atoms with Crippen LogP contribution in [0.1, 0.15) is 6.92 Å². The lowest BCUT2D eigenvalue weighted by molar-refractivity contribution is -0.131. The molecular weight excluding hydrogens is 146 g/mol. The highest BCUT2D eigenvalue weighted by Crippen LogP contribution is 1.78. The molecule has 0 unspecified atom stereocenters. The minimum Gasteiger partial charge on any atom is -0.359 e. The van der Waals surface area contributed by atoms with Crippen LogP contribution in [0.2, 0.25) is 0 Å². The number of carbonyl (C=O) groups excluding carboxylic acids is 1. The summed E-state index contributed by atoms with van der Waals surface area (Å²) in [5.41, 5.74) is 0. The fourth-order valence-corrected chi connectivity index (χ4v) is 0.456. The number of nitrogens with one attached hydrogen (secondary N) is 1. The molecule has 0 aromatic carbocycles. The third kappa shape index (κ3) is 3.92. The molecule has 0 aliphatic carbocycles. The van der Waals surface area contributed by atoms with Gasteiger partial charge in [0.15, 0.2) is 0 Å². The standard InChI is InChI=1S/C3H7NO4S/c1-2-9(6,7)4-8-3-5/h3-4H,2H2,1H3. The molecule has 0 fully saturated rings. The molecule has 0 saturated carbocycles. The molecule has 0 atom stereocenters. The fraction of sp³-hybridized carbons (Fsp3) is 0.667. The van der Waals surface area contributed by atoms with Gasteiger partial charge in [-0.25, -0.2) is 8.42 Å². The molecule has 0 heterocycles. The number of hydrogen-bond acceptors (Lipinski definition) is 4. The van der Waals surface area contributed by atoms with Crippen molar-refractivity contribution in [1.82, 2.24) is 4.89 Å². The van der Waals surface area contributed by atoms with E-state index in [9.17, 15) is 13.2 Å². The van der Waals surface area contributed by atoms with Crippen molar-refractivity contribution in [1.29, 1.82) is 0 Å². The zero-order valence-corrected chi connectivity index (χ0v) is 5.64. The Morgan fingerprint density at radius 1 is 1.67 bits per heavy atom. The first kappa shape index (κ1) is 8.38. The van der Waals surface area contributed by atoms with Crippen LogP contribution in [-0.4, -0.2) is 20.6 Å². The topological polar surface area (TPSA) is 72.5 Å². The second kappa shape index (κ2) is 3.41. The Morgan fingerprint density at radius 3 is 2.56 bits per heavy atom. The summed E-state index contributed by atoms with van der Waals surface area (Å²) in [7, 11) is -3.39. The SMILES string of the molecule is CCS(=O)(=O)NOC=O. The van der Waals surface area contributed by atoms with Gasteiger partial charge in [-0.3, -0.25) is 4.79 Å². The normalized spacial score (nSPS) is 10.8. The van der Waals surface area contributed by atoms with E-state index in [1.165, 1.54) is 6.92 Å². The molecule has 6 heteroatoms. The summed E-state index contributed by atoms with van der Waals surface area (Å²) in [4.78, 5) is 14.8. The Morgan fingerprint density at radius 2 is 2.22 bits per heavy atom. The second-order valence-corrected chi connectivity index (χ2v) is 3.17. The van der Waals surface area contributed by atoms with Gasteiger partial charge in [0.1, 0.15) is 0 Å². The molecular formula is C3H7NO4S. The van der Waals surface area contributed by atoms with Gasteiger partial charge in [0.05, 0.1) is 5.75 Å². The number of carbonyl (C=O) groups is 1. The smallest absolute Gasteiger partial charge is 0.314 e. The third-order valence-corrected chi connectivity index (χ3v) is 1.71. The lowest BCUT2D eigenvalue weighted by Crippen LogP contribution is -2.24.